The van der Waals surface area contributed by atoms with Crippen molar-refractivity contribution in [3.05, 3.63) is 17.7 Å². The van der Waals surface area contributed by atoms with Gasteiger partial charge in [0.05, 0.1) is 5.56 Å². The zero-order valence-corrected chi connectivity index (χ0v) is 11.7. The minimum Gasteiger partial charge on any atom is -0.370 e. The number of piperazine rings is 1. The summed E-state index contributed by atoms with van der Waals surface area (Å²) >= 11 is 0. The Morgan fingerprint density at radius 3 is 2.40 bits per heavy atom. The van der Waals surface area contributed by atoms with Crippen molar-refractivity contribution in [2.24, 2.45) is 0 Å². The van der Waals surface area contributed by atoms with Crippen LogP contribution in [0.1, 0.15) is 12.5 Å². The van der Waals surface area contributed by atoms with Gasteiger partial charge in [0.1, 0.15) is 11.6 Å². The fourth-order valence-electron chi connectivity index (χ4n) is 2.15. The molecule has 0 spiro atoms. The SMILES string of the molecule is CCNc1cc(C(F)(F)F)cc(N2CCN(C)CC2)n1. The third kappa shape index (κ3) is 3.53. The van der Waals surface area contributed by atoms with Crippen LogP contribution >= 0.6 is 0 Å². The lowest BCUT2D eigenvalue weighted by atomic mass is 10.2. The molecule has 2 rings (SSSR count). The molecule has 0 radical (unpaired) electrons. The highest BCUT2D eigenvalue weighted by Crippen LogP contribution is 2.33. The summed E-state index contributed by atoms with van der Waals surface area (Å²) in [5.74, 6) is 0.667. The lowest BCUT2D eigenvalue weighted by Gasteiger charge is -2.33. The summed E-state index contributed by atoms with van der Waals surface area (Å²) in [6.45, 7) is 5.41. The van der Waals surface area contributed by atoms with E-state index >= 15 is 0 Å². The lowest BCUT2D eigenvalue weighted by Crippen LogP contribution is -2.44. The van der Waals surface area contributed by atoms with Crippen LogP contribution in [0.2, 0.25) is 0 Å². The average Bonchev–Trinajstić information content (AvgIpc) is 2.38. The zero-order valence-electron chi connectivity index (χ0n) is 11.7. The van der Waals surface area contributed by atoms with Crippen molar-refractivity contribution in [3.8, 4) is 0 Å². The normalized spacial score (nSPS) is 17.4. The third-order valence-corrected chi connectivity index (χ3v) is 3.32. The molecule has 112 valence electrons. The Morgan fingerprint density at radius 2 is 1.85 bits per heavy atom. The molecule has 7 heteroatoms. The molecule has 0 bridgehead atoms. The molecule has 2 heterocycles. The van der Waals surface area contributed by atoms with Gasteiger partial charge in [-0.15, -0.1) is 0 Å². The Balaban J connectivity index is 2.29. The van der Waals surface area contributed by atoms with Crippen molar-refractivity contribution in [1.82, 2.24) is 9.88 Å². The van der Waals surface area contributed by atoms with E-state index in [0.717, 1.165) is 25.2 Å². The summed E-state index contributed by atoms with van der Waals surface area (Å²) in [6, 6.07) is 2.19. The minimum absolute atomic E-state index is 0.274. The number of anilines is 2. The highest BCUT2D eigenvalue weighted by Gasteiger charge is 2.32. The van der Waals surface area contributed by atoms with E-state index in [2.05, 4.69) is 15.2 Å². The van der Waals surface area contributed by atoms with E-state index < -0.39 is 11.7 Å². The Labute approximate surface area is 116 Å². The van der Waals surface area contributed by atoms with Crippen LogP contribution in [0.4, 0.5) is 24.8 Å². The van der Waals surface area contributed by atoms with Crippen molar-refractivity contribution in [3.63, 3.8) is 0 Å². The Bertz CT molecular complexity index is 453. The fraction of sp³-hybridized carbons (Fsp3) is 0.615. The molecule has 1 aliphatic heterocycles. The van der Waals surface area contributed by atoms with E-state index in [1.807, 2.05) is 18.9 Å². The van der Waals surface area contributed by atoms with Crippen LogP contribution in [0.3, 0.4) is 0 Å². The van der Waals surface area contributed by atoms with Gasteiger partial charge >= 0.3 is 6.18 Å². The van der Waals surface area contributed by atoms with Crippen molar-refractivity contribution in [2.45, 2.75) is 13.1 Å². The summed E-state index contributed by atoms with van der Waals surface area (Å²) in [6.07, 6.45) is -4.35. The number of halogens is 3. The van der Waals surface area contributed by atoms with Gasteiger partial charge in [-0.3, -0.25) is 0 Å². The molecule has 20 heavy (non-hydrogen) atoms. The second kappa shape index (κ2) is 5.87. The van der Waals surface area contributed by atoms with E-state index in [-0.39, 0.29) is 5.82 Å². The number of pyridine rings is 1. The van der Waals surface area contributed by atoms with Crippen molar-refractivity contribution in [1.29, 1.82) is 0 Å². The molecule has 0 aromatic carbocycles. The maximum Gasteiger partial charge on any atom is 0.416 e. The van der Waals surface area contributed by atoms with E-state index in [0.29, 0.717) is 25.5 Å². The van der Waals surface area contributed by atoms with Gasteiger partial charge in [-0.05, 0) is 26.1 Å². The van der Waals surface area contributed by atoms with Gasteiger partial charge in [0.2, 0.25) is 0 Å². The molecule has 1 aromatic heterocycles. The van der Waals surface area contributed by atoms with Crippen molar-refractivity contribution in [2.75, 3.05) is 50.0 Å². The number of alkyl halides is 3. The van der Waals surface area contributed by atoms with Crippen LogP contribution in [0.15, 0.2) is 12.1 Å². The van der Waals surface area contributed by atoms with E-state index in [1.54, 1.807) is 0 Å². The number of nitrogens with one attached hydrogen (secondary N) is 1. The largest absolute Gasteiger partial charge is 0.416 e. The Hall–Kier alpha value is -1.50. The van der Waals surface area contributed by atoms with Gasteiger partial charge in [-0.1, -0.05) is 0 Å². The first-order chi connectivity index (χ1) is 9.40. The molecule has 1 N–H and O–H groups in total. The number of aromatic nitrogens is 1. The predicted molar refractivity (Wildman–Crippen MR) is 73.1 cm³/mol. The molecular formula is C13H19F3N4. The molecule has 1 aliphatic rings. The molecule has 4 nitrogen and oxygen atoms in total. The number of nitrogens with zero attached hydrogens (tertiary/aromatic N) is 3. The first kappa shape index (κ1) is 14.9. The average molecular weight is 288 g/mol. The van der Waals surface area contributed by atoms with Crippen LogP contribution in [-0.2, 0) is 6.18 Å². The number of hydrogen-bond donors (Lipinski definition) is 1. The molecule has 1 saturated heterocycles. The molecule has 1 fully saturated rings. The summed E-state index contributed by atoms with van der Waals surface area (Å²) in [5.41, 5.74) is -0.655. The van der Waals surface area contributed by atoms with Gasteiger partial charge < -0.3 is 15.1 Å². The number of rotatable bonds is 3. The molecule has 1 aromatic rings. The van der Waals surface area contributed by atoms with Crippen LogP contribution in [0, 0.1) is 0 Å². The molecule has 0 saturated carbocycles. The van der Waals surface area contributed by atoms with Crippen LogP contribution < -0.4 is 10.2 Å². The Morgan fingerprint density at radius 1 is 1.20 bits per heavy atom. The van der Waals surface area contributed by atoms with E-state index in [9.17, 15) is 13.2 Å². The quantitative estimate of drug-likeness (QED) is 0.924. The molecule has 0 atom stereocenters. The van der Waals surface area contributed by atoms with Crippen molar-refractivity contribution < 1.29 is 13.2 Å². The van der Waals surface area contributed by atoms with Gasteiger partial charge in [-0.2, -0.15) is 13.2 Å². The monoisotopic (exact) mass is 288 g/mol. The number of likely N-dealkylation sites (N-methyl/N-ethyl adjacent to an activating group) is 1. The van der Waals surface area contributed by atoms with E-state index in [1.165, 1.54) is 0 Å². The molecule has 0 unspecified atom stereocenters. The van der Waals surface area contributed by atoms with Gasteiger partial charge in [0, 0.05) is 32.7 Å². The second-order valence-corrected chi connectivity index (χ2v) is 4.92. The maximum atomic E-state index is 12.9. The predicted octanol–water partition coefficient (Wildman–Crippen LogP) is 2.28. The first-order valence-electron chi connectivity index (χ1n) is 6.67. The van der Waals surface area contributed by atoms with Crippen LogP contribution in [0.25, 0.3) is 0 Å². The van der Waals surface area contributed by atoms with Crippen LogP contribution in [0.5, 0.6) is 0 Å². The summed E-state index contributed by atoms with van der Waals surface area (Å²) < 4.78 is 38.8. The zero-order chi connectivity index (χ0) is 14.8. The standard InChI is InChI=1S/C13H19F3N4/c1-3-17-11-8-10(13(14,15)16)9-12(18-11)20-6-4-19(2)5-7-20/h8-9H,3-7H2,1-2H3,(H,17,18). The molecule has 0 aliphatic carbocycles. The molecule has 0 amide bonds. The highest BCUT2D eigenvalue weighted by molar-refractivity contribution is 5.51. The van der Waals surface area contributed by atoms with Gasteiger partial charge in [-0.25, -0.2) is 4.98 Å². The number of hydrogen-bond acceptors (Lipinski definition) is 4. The molecular weight excluding hydrogens is 269 g/mol. The minimum atomic E-state index is -4.35. The lowest BCUT2D eigenvalue weighted by molar-refractivity contribution is -0.137. The highest BCUT2D eigenvalue weighted by atomic mass is 19.4. The maximum absolute atomic E-state index is 12.9. The van der Waals surface area contributed by atoms with E-state index in [4.69, 9.17) is 0 Å². The first-order valence-corrected chi connectivity index (χ1v) is 6.67. The smallest absolute Gasteiger partial charge is 0.370 e. The topological polar surface area (TPSA) is 31.4 Å². The van der Waals surface area contributed by atoms with Crippen LogP contribution in [-0.4, -0.2) is 49.7 Å². The Kier molecular flexibility index (Phi) is 4.37. The summed E-state index contributed by atoms with van der Waals surface area (Å²) in [4.78, 5) is 8.33. The van der Waals surface area contributed by atoms with Gasteiger partial charge in [0.15, 0.2) is 0 Å². The second-order valence-electron chi connectivity index (χ2n) is 4.92. The van der Waals surface area contributed by atoms with Gasteiger partial charge in [0.25, 0.3) is 0 Å². The fourth-order valence-corrected chi connectivity index (χ4v) is 2.15. The third-order valence-electron chi connectivity index (χ3n) is 3.32. The summed E-state index contributed by atoms with van der Waals surface area (Å²) in [5, 5.41) is 2.86. The summed E-state index contributed by atoms with van der Waals surface area (Å²) in [7, 11) is 2.00. The van der Waals surface area contributed by atoms with Crippen molar-refractivity contribution >= 4 is 11.6 Å².